The van der Waals surface area contributed by atoms with E-state index in [-0.39, 0.29) is 28.3 Å². The predicted molar refractivity (Wildman–Crippen MR) is 89.6 cm³/mol. The van der Waals surface area contributed by atoms with Gasteiger partial charge in [0.05, 0.1) is 5.56 Å². The number of carbonyl (C=O) groups is 2. The lowest BCUT2D eigenvalue weighted by molar-refractivity contribution is -0.0666. The third-order valence-electron chi connectivity index (χ3n) is 6.53. The van der Waals surface area contributed by atoms with Gasteiger partial charge >= 0.3 is 0 Å². The Morgan fingerprint density at radius 2 is 1.67 bits per heavy atom. The number of primary amides is 1. The van der Waals surface area contributed by atoms with E-state index in [0.717, 1.165) is 37.0 Å². The number of nitrogens with two attached hydrogens (primary N) is 1. The average Bonchev–Trinajstić information content (AvgIpc) is 2.52. The van der Waals surface area contributed by atoms with Crippen LogP contribution in [0.2, 0.25) is 0 Å². The number of phenols is 1. The molecule has 4 aliphatic carbocycles. The van der Waals surface area contributed by atoms with Crippen LogP contribution in [0.5, 0.6) is 5.75 Å². The van der Waals surface area contributed by atoms with Gasteiger partial charge in [0, 0.05) is 18.2 Å². The molecule has 4 fully saturated rings. The van der Waals surface area contributed by atoms with E-state index in [0.29, 0.717) is 0 Å². The van der Waals surface area contributed by atoms with Gasteiger partial charge in [-0.1, -0.05) is 0 Å². The van der Waals surface area contributed by atoms with E-state index in [9.17, 15) is 14.7 Å². The number of benzene rings is 1. The average molecular weight is 328 g/mol. The second kappa shape index (κ2) is 5.23. The summed E-state index contributed by atoms with van der Waals surface area (Å²) in [7, 11) is 1.87. The molecule has 24 heavy (non-hydrogen) atoms. The number of phenolic OH excluding ortho intramolecular Hbond substituents is 1. The van der Waals surface area contributed by atoms with Crippen LogP contribution in [0.15, 0.2) is 18.2 Å². The molecule has 5 nitrogen and oxygen atoms in total. The molecule has 0 saturated heterocycles. The summed E-state index contributed by atoms with van der Waals surface area (Å²) in [6, 6.07) is 4.29. The quantitative estimate of drug-likeness (QED) is 0.894. The summed E-state index contributed by atoms with van der Waals surface area (Å²) in [6.07, 6.45) is 7.21. The second-order valence-electron chi connectivity index (χ2n) is 8.10. The minimum absolute atomic E-state index is 0.0549. The van der Waals surface area contributed by atoms with Gasteiger partial charge in [-0.15, -0.1) is 0 Å². The minimum Gasteiger partial charge on any atom is -0.507 e. The molecule has 5 heteroatoms. The van der Waals surface area contributed by atoms with E-state index in [1.165, 1.54) is 37.5 Å². The Kier molecular flexibility index (Phi) is 3.37. The van der Waals surface area contributed by atoms with Crippen molar-refractivity contribution in [3.8, 4) is 5.75 Å². The van der Waals surface area contributed by atoms with Crippen molar-refractivity contribution in [1.29, 1.82) is 0 Å². The first-order valence-electron chi connectivity index (χ1n) is 8.79. The molecule has 4 saturated carbocycles. The summed E-state index contributed by atoms with van der Waals surface area (Å²) in [5.41, 5.74) is 5.63. The molecule has 0 aromatic heterocycles. The molecule has 0 unspecified atom stereocenters. The van der Waals surface area contributed by atoms with Crippen LogP contribution >= 0.6 is 0 Å². The van der Waals surface area contributed by atoms with Crippen molar-refractivity contribution in [2.24, 2.45) is 23.5 Å². The Labute approximate surface area is 141 Å². The Morgan fingerprint density at radius 3 is 2.12 bits per heavy atom. The van der Waals surface area contributed by atoms with Crippen LogP contribution < -0.4 is 5.73 Å². The zero-order chi connectivity index (χ0) is 17.1. The Hall–Kier alpha value is -2.04. The zero-order valence-electron chi connectivity index (χ0n) is 14.0. The van der Waals surface area contributed by atoms with Gasteiger partial charge in [0.2, 0.25) is 5.91 Å². The van der Waals surface area contributed by atoms with Gasteiger partial charge in [0.15, 0.2) is 0 Å². The molecule has 0 heterocycles. The topological polar surface area (TPSA) is 83.6 Å². The summed E-state index contributed by atoms with van der Waals surface area (Å²) in [4.78, 5) is 26.1. The molecule has 0 spiro atoms. The highest BCUT2D eigenvalue weighted by Gasteiger charge is 2.53. The molecule has 5 rings (SSSR count). The number of hydrogen-bond donors (Lipinski definition) is 2. The van der Waals surface area contributed by atoms with Crippen LogP contribution in [0.4, 0.5) is 0 Å². The molecule has 128 valence electrons. The largest absolute Gasteiger partial charge is 0.507 e. The fraction of sp³-hybridized carbons (Fsp3) is 0.579. The van der Waals surface area contributed by atoms with Crippen LogP contribution in [0.25, 0.3) is 0 Å². The first-order chi connectivity index (χ1) is 11.4. The van der Waals surface area contributed by atoms with Gasteiger partial charge in [-0.25, -0.2) is 0 Å². The molecule has 2 amide bonds. The third kappa shape index (κ3) is 2.29. The smallest absolute Gasteiger partial charge is 0.257 e. The van der Waals surface area contributed by atoms with Gasteiger partial charge in [0.1, 0.15) is 5.75 Å². The van der Waals surface area contributed by atoms with Crippen molar-refractivity contribution < 1.29 is 14.7 Å². The molecule has 0 atom stereocenters. The van der Waals surface area contributed by atoms with Crippen molar-refractivity contribution >= 4 is 11.8 Å². The fourth-order valence-electron chi connectivity index (χ4n) is 5.74. The van der Waals surface area contributed by atoms with E-state index < -0.39 is 5.91 Å². The van der Waals surface area contributed by atoms with E-state index in [1.807, 2.05) is 11.9 Å². The lowest BCUT2D eigenvalue weighted by atomic mass is 9.52. The van der Waals surface area contributed by atoms with Gasteiger partial charge in [0.25, 0.3) is 5.91 Å². The Balaban J connectivity index is 1.62. The molecule has 1 aromatic carbocycles. The predicted octanol–water partition coefficient (Wildman–Crippen LogP) is 2.53. The van der Waals surface area contributed by atoms with E-state index in [1.54, 1.807) is 0 Å². The van der Waals surface area contributed by atoms with Crippen molar-refractivity contribution in [1.82, 2.24) is 4.90 Å². The first kappa shape index (κ1) is 15.5. The highest BCUT2D eigenvalue weighted by Crippen LogP contribution is 2.57. The maximum atomic E-state index is 13.0. The standard InChI is InChI=1S/C19H24N2O3/c1-21(18(24)15-3-2-14(17(20)23)7-16(15)22)19-8-11-4-12(9-19)6-13(5-11)10-19/h2-3,7,11-13,22H,4-6,8-10H2,1H3,(H2,20,23). The number of rotatable bonds is 3. The normalized spacial score (nSPS) is 33.5. The van der Waals surface area contributed by atoms with Crippen LogP contribution in [0, 0.1) is 17.8 Å². The number of nitrogens with zero attached hydrogens (tertiary/aromatic N) is 1. The Bertz CT molecular complexity index is 677. The SMILES string of the molecule is CN(C(=O)c1ccc(C(N)=O)cc1O)C12CC3CC(CC(C3)C1)C2. The van der Waals surface area contributed by atoms with Crippen LogP contribution in [0.1, 0.15) is 59.2 Å². The van der Waals surface area contributed by atoms with Gasteiger partial charge in [-0.2, -0.15) is 0 Å². The molecular weight excluding hydrogens is 304 g/mol. The summed E-state index contributed by atoms with van der Waals surface area (Å²) in [5, 5.41) is 10.2. The monoisotopic (exact) mass is 328 g/mol. The number of carbonyl (C=O) groups excluding carboxylic acids is 2. The van der Waals surface area contributed by atoms with Gasteiger partial charge < -0.3 is 15.7 Å². The summed E-state index contributed by atoms with van der Waals surface area (Å²) < 4.78 is 0. The molecule has 4 aliphatic rings. The number of aromatic hydroxyl groups is 1. The fourth-order valence-corrected chi connectivity index (χ4v) is 5.74. The van der Waals surface area contributed by atoms with Crippen molar-refractivity contribution in [2.45, 2.75) is 44.1 Å². The van der Waals surface area contributed by atoms with Crippen LogP contribution in [-0.2, 0) is 0 Å². The zero-order valence-corrected chi connectivity index (χ0v) is 14.0. The van der Waals surface area contributed by atoms with Crippen molar-refractivity contribution in [2.75, 3.05) is 7.05 Å². The number of hydrogen-bond acceptors (Lipinski definition) is 3. The highest BCUT2D eigenvalue weighted by atomic mass is 16.3. The van der Waals surface area contributed by atoms with E-state index in [2.05, 4.69) is 0 Å². The second-order valence-corrected chi connectivity index (χ2v) is 8.10. The van der Waals surface area contributed by atoms with Gasteiger partial charge in [-0.3, -0.25) is 9.59 Å². The number of amides is 2. The molecule has 3 N–H and O–H groups in total. The maximum Gasteiger partial charge on any atom is 0.257 e. The van der Waals surface area contributed by atoms with Crippen LogP contribution in [0.3, 0.4) is 0 Å². The molecule has 1 aromatic rings. The Morgan fingerprint density at radius 1 is 1.12 bits per heavy atom. The summed E-state index contributed by atoms with van der Waals surface area (Å²) in [6.45, 7) is 0. The first-order valence-corrected chi connectivity index (χ1v) is 8.79. The van der Waals surface area contributed by atoms with Crippen molar-refractivity contribution in [3.63, 3.8) is 0 Å². The summed E-state index contributed by atoms with van der Waals surface area (Å²) >= 11 is 0. The van der Waals surface area contributed by atoms with E-state index >= 15 is 0 Å². The lowest BCUT2D eigenvalue weighted by Crippen LogP contribution is -2.60. The third-order valence-corrected chi connectivity index (χ3v) is 6.53. The van der Waals surface area contributed by atoms with E-state index in [4.69, 9.17) is 5.73 Å². The molecule has 4 bridgehead atoms. The molecule has 0 radical (unpaired) electrons. The molecule has 0 aliphatic heterocycles. The summed E-state index contributed by atoms with van der Waals surface area (Å²) in [5.74, 6) is 1.30. The van der Waals surface area contributed by atoms with Gasteiger partial charge in [-0.05, 0) is 74.5 Å². The molecular formula is C19H24N2O3. The van der Waals surface area contributed by atoms with Crippen molar-refractivity contribution in [3.05, 3.63) is 29.3 Å². The highest BCUT2D eigenvalue weighted by molar-refractivity contribution is 6.00. The van der Waals surface area contributed by atoms with Crippen LogP contribution in [-0.4, -0.2) is 34.4 Å². The minimum atomic E-state index is -0.612. The maximum absolute atomic E-state index is 13.0. The lowest BCUT2D eigenvalue weighted by Gasteiger charge is -2.59.